The number of benzene rings is 1. The van der Waals surface area contributed by atoms with Crippen LogP contribution in [0.1, 0.15) is 37.1 Å². The lowest BCUT2D eigenvalue weighted by molar-refractivity contribution is 0.592. The molecule has 1 aromatic carbocycles. The SMILES string of the molecule is CCCNCc1ccnn1Cc1ccc(CC)cc1. The highest BCUT2D eigenvalue weighted by molar-refractivity contribution is 5.23. The van der Waals surface area contributed by atoms with Crippen LogP contribution in [-0.2, 0) is 19.5 Å². The van der Waals surface area contributed by atoms with Gasteiger partial charge in [0.25, 0.3) is 0 Å². The summed E-state index contributed by atoms with van der Waals surface area (Å²) >= 11 is 0. The van der Waals surface area contributed by atoms with E-state index < -0.39 is 0 Å². The molecule has 0 atom stereocenters. The summed E-state index contributed by atoms with van der Waals surface area (Å²) < 4.78 is 2.07. The Morgan fingerprint density at radius 3 is 2.47 bits per heavy atom. The minimum atomic E-state index is 0.847. The molecule has 19 heavy (non-hydrogen) atoms. The summed E-state index contributed by atoms with van der Waals surface area (Å²) in [6.45, 7) is 7.15. The molecule has 0 saturated heterocycles. The highest BCUT2D eigenvalue weighted by Gasteiger charge is 2.03. The Labute approximate surface area is 115 Å². The van der Waals surface area contributed by atoms with Crippen LogP contribution >= 0.6 is 0 Å². The van der Waals surface area contributed by atoms with Crippen molar-refractivity contribution >= 4 is 0 Å². The molecule has 0 aliphatic rings. The summed E-state index contributed by atoms with van der Waals surface area (Å²) in [5, 5.41) is 7.83. The smallest absolute Gasteiger partial charge is 0.0663 e. The van der Waals surface area contributed by atoms with Gasteiger partial charge >= 0.3 is 0 Å². The fourth-order valence-electron chi connectivity index (χ4n) is 2.10. The van der Waals surface area contributed by atoms with Crippen molar-refractivity contribution in [2.45, 2.75) is 39.8 Å². The zero-order valence-corrected chi connectivity index (χ0v) is 11.9. The van der Waals surface area contributed by atoms with E-state index in [0.717, 1.165) is 32.5 Å². The van der Waals surface area contributed by atoms with Crippen molar-refractivity contribution in [3.05, 3.63) is 53.3 Å². The van der Waals surface area contributed by atoms with Gasteiger partial charge in [-0.1, -0.05) is 38.1 Å². The van der Waals surface area contributed by atoms with E-state index in [2.05, 4.69) is 59.3 Å². The van der Waals surface area contributed by atoms with Crippen molar-refractivity contribution in [3.63, 3.8) is 0 Å². The lowest BCUT2D eigenvalue weighted by Gasteiger charge is -2.09. The third-order valence-corrected chi connectivity index (χ3v) is 3.30. The van der Waals surface area contributed by atoms with E-state index in [0.29, 0.717) is 0 Å². The predicted molar refractivity (Wildman–Crippen MR) is 79.1 cm³/mol. The van der Waals surface area contributed by atoms with Crippen LogP contribution in [-0.4, -0.2) is 16.3 Å². The summed E-state index contributed by atoms with van der Waals surface area (Å²) in [6, 6.07) is 10.9. The van der Waals surface area contributed by atoms with Crippen molar-refractivity contribution in [2.75, 3.05) is 6.54 Å². The largest absolute Gasteiger partial charge is 0.311 e. The highest BCUT2D eigenvalue weighted by Crippen LogP contribution is 2.08. The number of hydrogen-bond acceptors (Lipinski definition) is 2. The first-order valence-corrected chi connectivity index (χ1v) is 7.12. The molecule has 1 N–H and O–H groups in total. The monoisotopic (exact) mass is 257 g/mol. The molecule has 3 nitrogen and oxygen atoms in total. The highest BCUT2D eigenvalue weighted by atomic mass is 15.3. The van der Waals surface area contributed by atoms with E-state index in [1.54, 1.807) is 0 Å². The molecule has 0 saturated carbocycles. The molecule has 0 spiro atoms. The van der Waals surface area contributed by atoms with Crippen molar-refractivity contribution in [1.29, 1.82) is 0 Å². The Bertz CT molecular complexity index is 485. The molecule has 102 valence electrons. The molecule has 1 heterocycles. The minimum Gasteiger partial charge on any atom is -0.311 e. The van der Waals surface area contributed by atoms with E-state index in [-0.39, 0.29) is 0 Å². The van der Waals surface area contributed by atoms with Gasteiger partial charge in [-0.15, -0.1) is 0 Å². The maximum absolute atomic E-state index is 4.41. The molecule has 0 aliphatic carbocycles. The van der Waals surface area contributed by atoms with Gasteiger partial charge in [0.1, 0.15) is 0 Å². The first kappa shape index (κ1) is 13.8. The molecule has 0 unspecified atom stereocenters. The first-order chi connectivity index (χ1) is 9.33. The average Bonchev–Trinajstić information content (AvgIpc) is 2.87. The molecular formula is C16H23N3. The van der Waals surface area contributed by atoms with E-state index in [4.69, 9.17) is 0 Å². The third kappa shape index (κ3) is 3.93. The quantitative estimate of drug-likeness (QED) is 0.773. The van der Waals surface area contributed by atoms with Crippen LogP contribution in [0.5, 0.6) is 0 Å². The molecule has 2 rings (SSSR count). The molecule has 2 aromatic rings. The van der Waals surface area contributed by atoms with Crippen LogP contribution in [0.15, 0.2) is 36.5 Å². The van der Waals surface area contributed by atoms with Gasteiger partial charge in [0, 0.05) is 12.7 Å². The second-order valence-electron chi connectivity index (χ2n) is 4.83. The van der Waals surface area contributed by atoms with Crippen LogP contribution in [0.3, 0.4) is 0 Å². The molecule has 0 aliphatic heterocycles. The molecule has 3 heteroatoms. The van der Waals surface area contributed by atoms with Crippen LogP contribution in [0.25, 0.3) is 0 Å². The van der Waals surface area contributed by atoms with Gasteiger partial charge in [0.15, 0.2) is 0 Å². The van der Waals surface area contributed by atoms with Gasteiger partial charge in [-0.25, -0.2) is 0 Å². The topological polar surface area (TPSA) is 29.9 Å². The summed E-state index contributed by atoms with van der Waals surface area (Å²) in [6.07, 6.45) is 4.13. The Kier molecular flexibility index (Phi) is 5.16. The predicted octanol–water partition coefficient (Wildman–Crippen LogP) is 2.99. The molecule has 0 fully saturated rings. The maximum Gasteiger partial charge on any atom is 0.0663 e. The zero-order chi connectivity index (χ0) is 13.5. The van der Waals surface area contributed by atoms with Gasteiger partial charge in [-0.2, -0.15) is 5.10 Å². The van der Waals surface area contributed by atoms with Crippen LogP contribution < -0.4 is 5.32 Å². The molecule has 0 bridgehead atoms. The van der Waals surface area contributed by atoms with Crippen molar-refractivity contribution < 1.29 is 0 Å². The molecule has 0 amide bonds. The van der Waals surface area contributed by atoms with E-state index in [9.17, 15) is 0 Å². The maximum atomic E-state index is 4.41. The summed E-state index contributed by atoms with van der Waals surface area (Å²) in [4.78, 5) is 0. The Morgan fingerprint density at radius 1 is 1.05 bits per heavy atom. The van der Waals surface area contributed by atoms with Gasteiger partial charge in [-0.05, 0) is 36.6 Å². The minimum absolute atomic E-state index is 0.847. The fourth-order valence-corrected chi connectivity index (χ4v) is 2.10. The summed E-state index contributed by atoms with van der Waals surface area (Å²) in [5.74, 6) is 0. The summed E-state index contributed by atoms with van der Waals surface area (Å²) in [7, 11) is 0. The van der Waals surface area contributed by atoms with Crippen LogP contribution in [0.2, 0.25) is 0 Å². The van der Waals surface area contributed by atoms with Gasteiger partial charge in [-0.3, -0.25) is 4.68 Å². The molecule has 1 aromatic heterocycles. The summed E-state index contributed by atoms with van der Waals surface area (Å²) in [5.41, 5.74) is 3.93. The Balaban J connectivity index is 1.99. The first-order valence-electron chi connectivity index (χ1n) is 7.12. The van der Waals surface area contributed by atoms with E-state index in [1.807, 2.05) is 6.20 Å². The normalized spacial score (nSPS) is 10.8. The van der Waals surface area contributed by atoms with Gasteiger partial charge < -0.3 is 5.32 Å². The number of rotatable bonds is 7. The van der Waals surface area contributed by atoms with Crippen LogP contribution in [0, 0.1) is 0 Å². The number of nitrogens with zero attached hydrogens (tertiary/aromatic N) is 2. The Morgan fingerprint density at radius 2 is 1.79 bits per heavy atom. The lowest BCUT2D eigenvalue weighted by Crippen LogP contribution is -2.17. The number of aromatic nitrogens is 2. The van der Waals surface area contributed by atoms with Crippen molar-refractivity contribution in [2.24, 2.45) is 0 Å². The second kappa shape index (κ2) is 7.10. The standard InChI is InChI=1S/C16H23N3/c1-3-10-17-12-16-9-11-18-19(16)13-15-7-5-14(4-2)6-8-15/h5-9,11,17H,3-4,10,12-13H2,1-2H3. The van der Waals surface area contributed by atoms with Crippen LogP contribution in [0.4, 0.5) is 0 Å². The molecule has 0 radical (unpaired) electrons. The van der Waals surface area contributed by atoms with Gasteiger partial charge in [0.2, 0.25) is 0 Å². The van der Waals surface area contributed by atoms with E-state index >= 15 is 0 Å². The van der Waals surface area contributed by atoms with E-state index in [1.165, 1.54) is 16.8 Å². The molecular weight excluding hydrogens is 234 g/mol. The number of aryl methyl sites for hydroxylation is 1. The number of nitrogens with one attached hydrogen (secondary N) is 1. The zero-order valence-electron chi connectivity index (χ0n) is 11.9. The fraction of sp³-hybridized carbons (Fsp3) is 0.438. The van der Waals surface area contributed by atoms with Crippen molar-refractivity contribution in [1.82, 2.24) is 15.1 Å². The van der Waals surface area contributed by atoms with Gasteiger partial charge in [0.05, 0.1) is 12.2 Å². The van der Waals surface area contributed by atoms with Crippen molar-refractivity contribution in [3.8, 4) is 0 Å². The second-order valence-corrected chi connectivity index (χ2v) is 4.83. The lowest BCUT2D eigenvalue weighted by atomic mass is 10.1. The average molecular weight is 257 g/mol. The number of hydrogen-bond donors (Lipinski definition) is 1. The Hall–Kier alpha value is -1.61. The third-order valence-electron chi connectivity index (χ3n) is 3.30.